The molecule has 2 aromatic rings. The largest absolute Gasteiger partial charge is 0.481 e. The first-order valence-electron chi connectivity index (χ1n) is 7.27. The minimum Gasteiger partial charge on any atom is -0.481 e. The molecule has 0 unspecified atom stereocenters. The van der Waals surface area contributed by atoms with E-state index in [0.717, 1.165) is 10.0 Å². The van der Waals surface area contributed by atoms with E-state index < -0.39 is 5.97 Å². The van der Waals surface area contributed by atoms with Crippen LogP contribution in [-0.2, 0) is 17.9 Å². The van der Waals surface area contributed by atoms with Crippen molar-refractivity contribution < 1.29 is 14.7 Å². The van der Waals surface area contributed by atoms with Gasteiger partial charge in [-0.05, 0) is 24.6 Å². The summed E-state index contributed by atoms with van der Waals surface area (Å²) < 4.78 is 2.58. The maximum absolute atomic E-state index is 12.6. The number of carboxylic acids is 1. The van der Waals surface area contributed by atoms with Crippen molar-refractivity contribution in [1.82, 2.24) is 14.7 Å². The van der Waals surface area contributed by atoms with Crippen molar-refractivity contribution in [2.45, 2.75) is 26.4 Å². The van der Waals surface area contributed by atoms with Crippen LogP contribution in [0.5, 0.6) is 0 Å². The van der Waals surface area contributed by atoms with E-state index in [1.807, 2.05) is 31.2 Å². The zero-order valence-electron chi connectivity index (χ0n) is 12.8. The second-order valence-corrected chi connectivity index (χ2v) is 6.00. The summed E-state index contributed by atoms with van der Waals surface area (Å²) in [6.07, 6.45) is 3.10. The number of carbonyl (C=O) groups is 2. The first-order chi connectivity index (χ1) is 11.0. The highest BCUT2D eigenvalue weighted by atomic mass is 79.9. The second kappa shape index (κ2) is 7.92. The fraction of sp³-hybridized carbons (Fsp3) is 0.312. The molecule has 1 aromatic carbocycles. The van der Waals surface area contributed by atoms with Crippen molar-refractivity contribution in [3.05, 3.63) is 52.3 Å². The van der Waals surface area contributed by atoms with Gasteiger partial charge in [0, 0.05) is 30.3 Å². The second-order valence-electron chi connectivity index (χ2n) is 5.09. The third-order valence-corrected chi connectivity index (χ3v) is 3.84. The summed E-state index contributed by atoms with van der Waals surface area (Å²) in [6, 6.07) is 7.60. The number of aromatic nitrogens is 2. The van der Waals surface area contributed by atoms with Crippen LogP contribution in [0, 0.1) is 0 Å². The quantitative estimate of drug-likeness (QED) is 0.802. The van der Waals surface area contributed by atoms with Crippen molar-refractivity contribution in [3.8, 4) is 0 Å². The van der Waals surface area contributed by atoms with Crippen LogP contribution in [0.3, 0.4) is 0 Å². The van der Waals surface area contributed by atoms with Gasteiger partial charge < -0.3 is 10.0 Å². The van der Waals surface area contributed by atoms with Crippen molar-refractivity contribution >= 4 is 27.8 Å². The lowest BCUT2D eigenvalue weighted by molar-refractivity contribution is -0.137. The third-order valence-electron chi connectivity index (χ3n) is 3.35. The Balaban J connectivity index is 2.18. The molecule has 6 nitrogen and oxygen atoms in total. The zero-order chi connectivity index (χ0) is 16.8. The minimum atomic E-state index is -0.929. The molecule has 122 valence electrons. The number of nitrogens with zero attached hydrogens (tertiary/aromatic N) is 3. The zero-order valence-corrected chi connectivity index (χ0v) is 14.4. The molecule has 0 bridgehead atoms. The Labute approximate surface area is 142 Å². The Kier molecular flexibility index (Phi) is 5.92. The van der Waals surface area contributed by atoms with Gasteiger partial charge in [-0.2, -0.15) is 5.10 Å². The average Bonchev–Trinajstić information content (AvgIpc) is 2.99. The molecule has 7 heteroatoms. The molecule has 0 fully saturated rings. The van der Waals surface area contributed by atoms with E-state index in [2.05, 4.69) is 21.0 Å². The number of amides is 1. The molecule has 2 rings (SSSR count). The van der Waals surface area contributed by atoms with E-state index in [9.17, 15) is 9.59 Å². The van der Waals surface area contributed by atoms with Gasteiger partial charge in [0.25, 0.3) is 5.91 Å². The van der Waals surface area contributed by atoms with Crippen molar-refractivity contribution in [2.24, 2.45) is 0 Å². The molecule has 0 aliphatic rings. The average molecular weight is 380 g/mol. The van der Waals surface area contributed by atoms with Crippen LogP contribution in [0.2, 0.25) is 0 Å². The Hall–Kier alpha value is -2.15. The van der Waals surface area contributed by atoms with Gasteiger partial charge in [0.1, 0.15) is 0 Å². The first kappa shape index (κ1) is 17.2. The number of carbonyl (C=O) groups excluding carboxylic acids is 1. The molecule has 0 aliphatic carbocycles. The smallest absolute Gasteiger partial charge is 0.305 e. The molecule has 1 amide bonds. The summed E-state index contributed by atoms with van der Waals surface area (Å²) in [6.45, 7) is 3.11. The highest BCUT2D eigenvalue weighted by molar-refractivity contribution is 9.10. The number of hydrogen-bond acceptors (Lipinski definition) is 3. The van der Waals surface area contributed by atoms with Gasteiger partial charge in [0.05, 0.1) is 18.2 Å². The van der Waals surface area contributed by atoms with Gasteiger partial charge in [-0.3, -0.25) is 14.3 Å². The maximum atomic E-state index is 12.6. The topological polar surface area (TPSA) is 75.4 Å². The fourth-order valence-electron chi connectivity index (χ4n) is 2.17. The highest BCUT2D eigenvalue weighted by Gasteiger charge is 2.19. The van der Waals surface area contributed by atoms with Crippen LogP contribution in [0.4, 0.5) is 0 Å². The van der Waals surface area contributed by atoms with Crippen LogP contribution < -0.4 is 0 Å². The van der Waals surface area contributed by atoms with Crippen LogP contribution >= 0.6 is 15.9 Å². The predicted octanol–water partition coefficient (Wildman–Crippen LogP) is 2.78. The summed E-state index contributed by atoms with van der Waals surface area (Å²) >= 11 is 3.40. The maximum Gasteiger partial charge on any atom is 0.305 e. The SMILES string of the molecule is CCn1cc(C(=O)N(CCC(=O)O)Cc2cccc(Br)c2)cn1. The molecular weight excluding hydrogens is 362 g/mol. The molecule has 0 saturated heterocycles. The number of carboxylic acid groups (broad SMARTS) is 1. The Bertz CT molecular complexity index is 699. The van der Waals surface area contributed by atoms with Gasteiger partial charge in [-0.15, -0.1) is 0 Å². The molecule has 1 heterocycles. The van der Waals surface area contributed by atoms with E-state index in [0.29, 0.717) is 18.7 Å². The fourth-order valence-corrected chi connectivity index (χ4v) is 2.61. The lowest BCUT2D eigenvalue weighted by atomic mass is 10.2. The Morgan fingerprint density at radius 1 is 1.39 bits per heavy atom. The van der Waals surface area contributed by atoms with Gasteiger partial charge >= 0.3 is 5.97 Å². The van der Waals surface area contributed by atoms with Crippen LogP contribution in [-0.4, -0.2) is 38.2 Å². The molecule has 23 heavy (non-hydrogen) atoms. The standard InChI is InChI=1S/C16H18BrN3O3/c1-2-20-11-13(9-18-20)16(23)19(7-6-15(21)22)10-12-4-3-5-14(17)8-12/h3-5,8-9,11H,2,6-7,10H2,1H3,(H,21,22). The first-order valence-corrected chi connectivity index (χ1v) is 8.07. The summed E-state index contributed by atoms with van der Waals surface area (Å²) in [5.74, 6) is -1.15. The van der Waals surface area contributed by atoms with Gasteiger partial charge in [-0.25, -0.2) is 0 Å². The molecular formula is C16H18BrN3O3. The van der Waals surface area contributed by atoms with E-state index in [4.69, 9.17) is 5.11 Å². The minimum absolute atomic E-state index is 0.0956. The highest BCUT2D eigenvalue weighted by Crippen LogP contribution is 2.15. The summed E-state index contributed by atoms with van der Waals surface area (Å²) in [4.78, 5) is 25.0. The van der Waals surface area contributed by atoms with Crippen molar-refractivity contribution in [1.29, 1.82) is 0 Å². The lowest BCUT2D eigenvalue weighted by Crippen LogP contribution is -2.32. The molecule has 0 spiro atoms. The molecule has 0 saturated carbocycles. The normalized spacial score (nSPS) is 10.5. The number of rotatable bonds is 7. The van der Waals surface area contributed by atoms with E-state index in [1.165, 1.54) is 11.1 Å². The van der Waals surface area contributed by atoms with Gasteiger partial charge in [0.15, 0.2) is 0 Å². The Morgan fingerprint density at radius 2 is 2.17 bits per heavy atom. The molecule has 1 N–H and O–H groups in total. The van der Waals surface area contributed by atoms with Crippen molar-refractivity contribution in [2.75, 3.05) is 6.54 Å². The van der Waals surface area contributed by atoms with Gasteiger partial charge in [0.2, 0.25) is 0 Å². The van der Waals surface area contributed by atoms with Gasteiger partial charge in [-0.1, -0.05) is 28.1 Å². The summed E-state index contributed by atoms with van der Waals surface area (Å²) in [5, 5.41) is 13.0. The van der Waals surface area contributed by atoms with E-state index >= 15 is 0 Å². The monoisotopic (exact) mass is 379 g/mol. The summed E-state index contributed by atoms with van der Waals surface area (Å²) in [5.41, 5.74) is 1.40. The Morgan fingerprint density at radius 3 is 2.78 bits per heavy atom. The van der Waals surface area contributed by atoms with E-state index in [1.54, 1.807) is 10.9 Å². The number of benzene rings is 1. The number of hydrogen-bond donors (Lipinski definition) is 1. The summed E-state index contributed by atoms with van der Waals surface area (Å²) in [7, 11) is 0. The molecule has 0 radical (unpaired) electrons. The van der Waals surface area contributed by atoms with Crippen LogP contribution in [0.15, 0.2) is 41.1 Å². The van der Waals surface area contributed by atoms with Crippen LogP contribution in [0.25, 0.3) is 0 Å². The molecule has 0 atom stereocenters. The van der Waals surface area contributed by atoms with Crippen LogP contribution in [0.1, 0.15) is 29.3 Å². The third kappa shape index (κ3) is 4.92. The lowest BCUT2D eigenvalue weighted by Gasteiger charge is -2.21. The molecule has 0 aliphatic heterocycles. The number of aliphatic carboxylic acids is 1. The predicted molar refractivity (Wildman–Crippen MR) is 89.0 cm³/mol. The number of halogens is 1. The van der Waals surface area contributed by atoms with E-state index in [-0.39, 0.29) is 18.9 Å². The molecule has 1 aromatic heterocycles. The van der Waals surface area contributed by atoms with Crippen molar-refractivity contribution in [3.63, 3.8) is 0 Å². The number of aryl methyl sites for hydroxylation is 1.